The van der Waals surface area contributed by atoms with Gasteiger partial charge in [-0.1, -0.05) is 43.0 Å². The van der Waals surface area contributed by atoms with Crippen molar-refractivity contribution in [1.29, 1.82) is 0 Å². The molecule has 13 nitrogen and oxygen atoms in total. The van der Waals surface area contributed by atoms with Crippen molar-refractivity contribution in [3.63, 3.8) is 0 Å². The molecule has 0 saturated carbocycles. The van der Waals surface area contributed by atoms with Gasteiger partial charge in [0.05, 0.1) is 19.5 Å². The van der Waals surface area contributed by atoms with Crippen molar-refractivity contribution in [3.05, 3.63) is 77.9 Å². The Morgan fingerprint density at radius 1 is 1.04 bits per heavy atom. The monoisotopic (exact) mass is 654 g/mol. The summed E-state index contributed by atoms with van der Waals surface area (Å²) < 4.78 is 7.99. The van der Waals surface area contributed by atoms with Crippen LogP contribution < -0.4 is 5.32 Å². The molecule has 2 atom stereocenters. The van der Waals surface area contributed by atoms with Gasteiger partial charge < -0.3 is 20.1 Å². The number of nitrogens with one attached hydrogen (secondary N) is 2. The summed E-state index contributed by atoms with van der Waals surface area (Å²) >= 11 is 0. The van der Waals surface area contributed by atoms with E-state index in [1.807, 2.05) is 45.2 Å². The summed E-state index contributed by atoms with van der Waals surface area (Å²) in [5, 5.41) is 30.3. The van der Waals surface area contributed by atoms with E-state index >= 15 is 0 Å². The number of Topliss-reactive ketones (excluding diaryl/α,β-unsaturated/α-hetero) is 1. The van der Waals surface area contributed by atoms with Crippen molar-refractivity contribution in [2.45, 2.75) is 58.5 Å². The SMILES string of the molecule is C=C/C=C\c1[nH]cc(C[C@@H](C(=O)OC)n2cc(-c3cc(C(=O)C4CCNCC4)cc(-c4cn([C@@H](CC(C)C)C(=O)O)nn4)c3)nn2)c1C. The molecule has 0 radical (unpaired) electrons. The van der Waals surface area contributed by atoms with Gasteiger partial charge in [-0.15, -0.1) is 10.2 Å². The van der Waals surface area contributed by atoms with E-state index in [4.69, 9.17) is 4.74 Å². The van der Waals surface area contributed by atoms with E-state index in [-0.39, 0.29) is 17.6 Å². The van der Waals surface area contributed by atoms with E-state index in [1.54, 1.807) is 30.6 Å². The smallest absolute Gasteiger partial charge is 0.331 e. The zero-order chi connectivity index (χ0) is 34.4. The highest BCUT2D eigenvalue weighted by Crippen LogP contribution is 2.31. The molecule has 0 aliphatic carbocycles. The Kier molecular flexibility index (Phi) is 10.8. The Hall–Kier alpha value is -5.17. The number of aromatic nitrogens is 7. The van der Waals surface area contributed by atoms with Crippen LogP contribution in [0.3, 0.4) is 0 Å². The van der Waals surface area contributed by atoms with Crippen LogP contribution in [-0.2, 0) is 20.7 Å². The predicted molar refractivity (Wildman–Crippen MR) is 180 cm³/mol. The van der Waals surface area contributed by atoms with Gasteiger partial charge >= 0.3 is 11.9 Å². The number of carboxylic acid groups (broad SMARTS) is 1. The summed E-state index contributed by atoms with van der Waals surface area (Å²) in [6.07, 6.45) is 12.7. The van der Waals surface area contributed by atoms with Crippen molar-refractivity contribution in [3.8, 4) is 22.5 Å². The Bertz CT molecular complexity index is 1810. The van der Waals surface area contributed by atoms with Crippen LogP contribution >= 0.6 is 0 Å². The third-order valence-electron chi connectivity index (χ3n) is 8.73. The van der Waals surface area contributed by atoms with Crippen LogP contribution in [-0.4, -0.2) is 78.0 Å². The molecule has 1 fully saturated rings. The molecule has 4 aromatic rings. The number of carboxylic acids is 1. The number of methoxy groups -OCH3 is 1. The third-order valence-corrected chi connectivity index (χ3v) is 8.73. The topological polar surface area (TPSA) is 170 Å². The number of carbonyl (C=O) groups is 3. The fourth-order valence-corrected chi connectivity index (χ4v) is 6.01. The number of ether oxygens (including phenoxy) is 1. The number of piperidine rings is 1. The van der Waals surface area contributed by atoms with Crippen LogP contribution in [0.1, 0.15) is 72.4 Å². The van der Waals surface area contributed by atoms with E-state index in [1.165, 1.54) is 16.5 Å². The lowest BCUT2D eigenvalue weighted by atomic mass is 9.88. The van der Waals surface area contributed by atoms with Crippen molar-refractivity contribution in [2.75, 3.05) is 20.2 Å². The summed E-state index contributed by atoms with van der Waals surface area (Å²) in [5.41, 5.74) is 5.37. The van der Waals surface area contributed by atoms with Gasteiger partial charge in [0.1, 0.15) is 11.4 Å². The minimum Gasteiger partial charge on any atom is -0.480 e. The number of hydrogen-bond donors (Lipinski definition) is 3. The largest absolute Gasteiger partial charge is 0.480 e. The van der Waals surface area contributed by atoms with Crippen LogP contribution in [0.25, 0.3) is 28.6 Å². The molecular weight excluding hydrogens is 612 g/mol. The zero-order valence-corrected chi connectivity index (χ0v) is 27.7. The van der Waals surface area contributed by atoms with E-state index in [9.17, 15) is 19.5 Å². The van der Waals surface area contributed by atoms with Crippen molar-refractivity contribution < 1.29 is 24.2 Å². The van der Waals surface area contributed by atoms with Crippen molar-refractivity contribution >= 4 is 23.8 Å². The van der Waals surface area contributed by atoms with Gasteiger partial charge in [-0.25, -0.2) is 19.0 Å². The zero-order valence-electron chi connectivity index (χ0n) is 27.7. The Morgan fingerprint density at radius 2 is 1.67 bits per heavy atom. The Morgan fingerprint density at radius 3 is 2.23 bits per heavy atom. The first kappa shape index (κ1) is 34.2. The molecule has 0 bridgehead atoms. The number of nitrogens with zero attached hydrogens (tertiary/aromatic N) is 6. The Labute approximate surface area is 279 Å². The number of hydrogen-bond acceptors (Lipinski definition) is 9. The molecule has 1 aromatic carbocycles. The molecule has 0 unspecified atom stereocenters. The maximum Gasteiger partial charge on any atom is 0.331 e. The standard InChI is InChI=1S/C35H42N8O5/c1-6-7-8-28-22(4)27(18-37-28)17-32(35(47)48-5)43-20-30(39-41-43)25-14-24(15-26(16-25)33(44)23-9-11-36-12-10-23)29-19-42(40-38-29)31(34(45)46)13-21(2)3/h6-8,14-16,18-21,23,31-32,36-37H,1,9-13,17H2,2-5H3,(H,45,46)/b8-7-/t31-,32-/m0/s1. The minimum atomic E-state index is -0.994. The number of allylic oxidation sites excluding steroid dienone is 2. The second kappa shape index (κ2) is 15.2. The number of esters is 1. The third kappa shape index (κ3) is 7.68. The van der Waals surface area contributed by atoms with Crippen molar-refractivity contribution in [2.24, 2.45) is 11.8 Å². The van der Waals surface area contributed by atoms with E-state index in [0.717, 1.165) is 42.8 Å². The normalized spacial score (nSPS) is 15.1. The molecule has 0 amide bonds. The predicted octanol–water partition coefficient (Wildman–Crippen LogP) is 4.85. The van der Waals surface area contributed by atoms with Crippen LogP contribution in [0.5, 0.6) is 0 Å². The summed E-state index contributed by atoms with van der Waals surface area (Å²) in [5.74, 6) is -1.46. The minimum absolute atomic E-state index is 0.0132. The fourth-order valence-electron chi connectivity index (χ4n) is 6.01. The molecule has 1 saturated heterocycles. The molecule has 1 aliphatic heterocycles. The highest BCUT2D eigenvalue weighted by molar-refractivity contribution is 6.00. The molecule has 252 valence electrons. The summed E-state index contributed by atoms with van der Waals surface area (Å²) in [4.78, 5) is 42.1. The first-order chi connectivity index (χ1) is 23.1. The number of aromatic amines is 1. The number of carbonyl (C=O) groups excluding carboxylic acids is 2. The number of benzene rings is 1. The molecule has 48 heavy (non-hydrogen) atoms. The highest BCUT2D eigenvalue weighted by Gasteiger charge is 2.28. The van der Waals surface area contributed by atoms with E-state index in [2.05, 4.69) is 37.5 Å². The number of rotatable bonds is 14. The molecule has 0 spiro atoms. The van der Waals surface area contributed by atoms with Crippen molar-refractivity contribution in [1.82, 2.24) is 40.3 Å². The maximum absolute atomic E-state index is 13.8. The second-order valence-electron chi connectivity index (χ2n) is 12.5. The summed E-state index contributed by atoms with van der Waals surface area (Å²) in [7, 11) is 1.33. The first-order valence-electron chi connectivity index (χ1n) is 16.1. The first-order valence-corrected chi connectivity index (χ1v) is 16.1. The molecule has 1 aliphatic rings. The lowest BCUT2D eigenvalue weighted by molar-refractivity contribution is -0.145. The van der Waals surface area contributed by atoms with Crippen LogP contribution in [0, 0.1) is 18.8 Å². The summed E-state index contributed by atoms with van der Waals surface area (Å²) in [6, 6.07) is 3.71. The number of ketones is 1. The van der Waals surface area contributed by atoms with Crippen LogP contribution in [0.4, 0.5) is 0 Å². The van der Waals surface area contributed by atoms with Crippen LogP contribution in [0.15, 0.2) is 55.5 Å². The average Bonchev–Trinajstić information content (AvgIpc) is 3.85. The second-order valence-corrected chi connectivity index (χ2v) is 12.5. The van der Waals surface area contributed by atoms with Gasteiger partial charge in [0.15, 0.2) is 17.9 Å². The average molecular weight is 655 g/mol. The van der Waals surface area contributed by atoms with Gasteiger partial charge in [0, 0.05) is 40.9 Å². The van der Waals surface area contributed by atoms with Crippen LogP contribution in [0.2, 0.25) is 0 Å². The fraction of sp³-hybridized carbons (Fsp3) is 0.400. The highest BCUT2D eigenvalue weighted by atomic mass is 16.5. The van der Waals surface area contributed by atoms with Gasteiger partial charge in [-0.05, 0) is 80.6 Å². The maximum atomic E-state index is 13.8. The number of H-pyrrole nitrogens is 1. The molecule has 5 rings (SSSR count). The Balaban J connectivity index is 1.52. The van der Waals surface area contributed by atoms with Gasteiger partial charge in [0.2, 0.25) is 0 Å². The number of aliphatic carboxylic acids is 1. The lowest BCUT2D eigenvalue weighted by Gasteiger charge is -2.21. The van der Waals surface area contributed by atoms with Gasteiger partial charge in [-0.2, -0.15) is 0 Å². The molecule has 13 heteroatoms. The summed E-state index contributed by atoms with van der Waals surface area (Å²) in [6.45, 7) is 11.1. The molecule has 4 heterocycles. The molecule has 3 N–H and O–H groups in total. The quantitative estimate of drug-likeness (QED) is 0.0970. The van der Waals surface area contributed by atoms with E-state index in [0.29, 0.717) is 40.9 Å². The molecular formula is C35H42N8O5. The van der Waals surface area contributed by atoms with Gasteiger partial charge in [0.25, 0.3) is 0 Å². The molecule has 3 aromatic heterocycles. The lowest BCUT2D eigenvalue weighted by Crippen LogP contribution is -2.31. The van der Waals surface area contributed by atoms with E-state index < -0.39 is 24.0 Å². The van der Waals surface area contributed by atoms with Gasteiger partial charge in [-0.3, -0.25) is 4.79 Å².